The van der Waals surface area contributed by atoms with Crippen molar-refractivity contribution >= 4 is 0 Å². The lowest BCUT2D eigenvalue weighted by Gasteiger charge is -2.07. The molecule has 0 saturated carbocycles. The molecule has 0 amide bonds. The summed E-state index contributed by atoms with van der Waals surface area (Å²) in [6, 6.07) is 0. The Bertz CT molecular complexity index is 171. The smallest absolute Gasteiger partial charge is 0.0540 e. The van der Waals surface area contributed by atoms with E-state index in [9.17, 15) is 10.2 Å². The van der Waals surface area contributed by atoms with E-state index in [0.29, 0.717) is 0 Å². The summed E-state index contributed by atoms with van der Waals surface area (Å²) in [5.74, 6) is 0. The minimum Gasteiger partial charge on any atom is -0.393 e. The van der Waals surface area contributed by atoms with Gasteiger partial charge in [-0.3, -0.25) is 0 Å². The van der Waals surface area contributed by atoms with Crippen LogP contribution in [0.15, 0.2) is 0 Å². The zero-order valence-electron chi connectivity index (χ0n) is 15.2. The van der Waals surface area contributed by atoms with Crippen LogP contribution in [0.3, 0.4) is 0 Å². The Morgan fingerprint density at radius 3 is 1.24 bits per heavy atom. The highest BCUT2D eigenvalue weighted by atomic mass is 16.3. The van der Waals surface area contributed by atoms with Gasteiger partial charge in [-0.25, -0.2) is 0 Å². The SMILES string of the molecule is CCCCCC(O)CCC.CCCCCCC(O)CCC. The zero-order chi connectivity index (χ0) is 16.3. The Morgan fingerprint density at radius 2 is 0.857 bits per heavy atom. The lowest BCUT2D eigenvalue weighted by molar-refractivity contribution is 0.149. The molecule has 21 heavy (non-hydrogen) atoms. The van der Waals surface area contributed by atoms with Crippen molar-refractivity contribution in [1.29, 1.82) is 0 Å². The van der Waals surface area contributed by atoms with Crippen molar-refractivity contribution in [2.24, 2.45) is 0 Å². The van der Waals surface area contributed by atoms with E-state index in [-0.39, 0.29) is 12.2 Å². The van der Waals surface area contributed by atoms with Gasteiger partial charge in [0.1, 0.15) is 0 Å². The molecule has 0 aromatic heterocycles. The topological polar surface area (TPSA) is 40.5 Å². The van der Waals surface area contributed by atoms with Crippen molar-refractivity contribution in [1.82, 2.24) is 0 Å². The number of unbranched alkanes of at least 4 members (excludes halogenated alkanes) is 5. The van der Waals surface area contributed by atoms with E-state index in [4.69, 9.17) is 0 Å². The molecule has 0 fully saturated rings. The highest BCUT2D eigenvalue weighted by Crippen LogP contribution is 2.09. The predicted octanol–water partition coefficient (Wildman–Crippen LogP) is 5.85. The van der Waals surface area contributed by atoms with Crippen LogP contribution in [0.5, 0.6) is 0 Å². The first kappa shape index (κ1) is 23.2. The number of aliphatic hydroxyl groups is 2. The zero-order valence-corrected chi connectivity index (χ0v) is 15.2. The molecule has 0 radical (unpaired) electrons. The summed E-state index contributed by atoms with van der Waals surface area (Å²) in [5, 5.41) is 18.6. The molecule has 0 spiro atoms. The van der Waals surface area contributed by atoms with Crippen molar-refractivity contribution in [3.8, 4) is 0 Å². The van der Waals surface area contributed by atoms with Crippen LogP contribution in [0.4, 0.5) is 0 Å². The second-order valence-electron chi connectivity index (χ2n) is 6.23. The van der Waals surface area contributed by atoms with Gasteiger partial charge in [0.15, 0.2) is 0 Å². The van der Waals surface area contributed by atoms with Crippen molar-refractivity contribution in [2.75, 3.05) is 0 Å². The third-order valence-corrected chi connectivity index (χ3v) is 3.78. The maximum atomic E-state index is 9.35. The highest BCUT2D eigenvalue weighted by Gasteiger charge is 2.01. The van der Waals surface area contributed by atoms with E-state index >= 15 is 0 Å². The van der Waals surface area contributed by atoms with Crippen LogP contribution in [-0.2, 0) is 0 Å². The van der Waals surface area contributed by atoms with Gasteiger partial charge in [0, 0.05) is 0 Å². The van der Waals surface area contributed by atoms with Gasteiger partial charge in [-0.1, -0.05) is 85.5 Å². The highest BCUT2D eigenvalue weighted by molar-refractivity contribution is 4.54. The first-order valence-electron chi connectivity index (χ1n) is 9.48. The van der Waals surface area contributed by atoms with Crippen molar-refractivity contribution < 1.29 is 10.2 Å². The first-order chi connectivity index (χ1) is 10.1. The summed E-state index contributed by atoms with van der Waals surface area (Å²) >= 11 is 0. The van der Waals surface area contributed by atoms with Gasteiger partial charge in [-0.05, 0) is 25.7 Å². The quantitative estimate of drug-likeness (QED) is 0.419. The van der Waals surface area contributed by atoms with E-state index < -0.39 is 0 Å². The summed E-state index contributed by atoms with van der Waals surface area (Å²) in [6.45, 7) is 8.63. The van der Waals surface area contributed by atoms with Crippen LogP contribution in [0, 0.1) is 0 Å². The van der Waals surface area contributed by atoms with Crippen LogP contribution in [-0.4, -0.2) is 22.4 Å². The molecule has 0 aromatic rings. The van der Waals surface area contributed by atoms with Gasteiger partial charge in [0.2, 0.25) is 0 Å². The Morgan fingerprint density at radius 1 is 0.476 bits per heavy atom. The van der Waals surface area contributed by atoms with Crippen molar-refractivity contribution in [3.05, 3.63) is 0 Å². The molecule has 2 atom stereocenters. The Balaban J connectivity index is 0. The van der Waals surface area contributed by atoms with Crippen LogP contribution < -0.4 is 0 Å². The predicted molar refractivity (Wildman–Crippen MR) is 94.7 cm³/mol. The fourth-order valence-corrected chi connectivity index (χ4v) is 2.39. The fraction of sp³-hybridized carbons (Fsp3) is 1.00. The monoisotopic (exact) mass is 302 g/mol. The van der Waals surface area contributed by atoms with Crippen LogP contribution in [0.25, 0.3) is 0 Å². The van der Waals surface area contributed by atoms with Gasteiger partial charge < -0.3 is 10.2 Å². The molecule has 2 nitrogen and oxygen atoms in total. The molecule has 130 valence electrons. The van der Waals surface area contributed by atoms with Crippen molar-refractivity contribution in [3.63, 3.8) is 0 Å². The maximum Gasteiger partial charge on any atom is 0.0540 e. The summed E-state index contributed by atoms with van der Waals surface area (Å²) < 4.78 is 0. The second kappa shape index (κ2) is 19.9. The molecule has 0 bridgehead atoms. The van der Waals surface area contributed by atoms with E-state index in [2.05, 4.69) is 27.7 Å². The van der Waals surface area contributed by atoms with Gasteiger partial charge in [0.05, 0.1) is 12.2 Å². The van der Waals surface area contributed by atoms with Crippen LogP contribution in [0.1, 0.15) is 111 Å². The van der Waals surface area contributed by atoms with Gasteiger partial charge in [0.25, 0.3) is 0 Å². The average molecular weight is 303 g/mol. The normalized spacial score (nSPS) is 13.4. The van der Waals surface area contributed by atoms with Crippen LogP contribution >= 0.6 is 0 Å². The summed E-state index contributed by atoms with van der Waals surface area (Å²) in [6.07, 6.45) is 14.9. The second-order valence-corrected chi connectivity index (χ2v) is 6.23. The number of hydrogen-bond acceptors (Lipinski definition) is 2. The lowest BCUT2D eigenvalue weighted by Crippen LogP contribution is -2.04. The largest absolute Gasteiger partial charge is 0.393 e. The Hall–Kier alpha value is -0.0800. The minimum absolute atomic E-state index is 0.0307. The molecule has 0 aromatic carbocycles. The Kier molecular flexibility index (Phi) is 22.0. The van der Waals surface area contributed by atoms with Crippen molar-refractivity contribution in [2.45, 2.75) is 123 Å². The average Bonchev–Trinajstić information content (AvgIpc) is 2.45. The van der Waals surface area contributed by atoms with E-state index in [1.807, 2.05) is 0 Å². The van der Waals surface area contributed by atoms with Crippen LogP contribution in [0.2, 0.25) is 0 Å². The third-order valence-electron chi connectivity index (χ3n) is 3.78. The first-order valence-corrected chi connectivity index (χ1v) is 9.48. The fourth-order valence-electron chi connectivity index (χ4n) is 2.39. The molecule has 0 aliphatic heterocycles. The third kappa shape index (κ3) is 22.3. The molecule has 2 heteroatoms. The summed E-state index contributed by atoms with van der Waals surface area (Å²) in [5.41, 5.74) is 0. The number of aliphatic hydroxyl groups excluding tert-OH is 2. The lowest BCUT2D eigenvalue weighted by atomic mass is 10.1. The molecule has 0 saturated heterocycles. The van der Waals surface area contributed by atoms with Gasteiger partial charge in [-0.15, -0.1) is 0 Å². The molecule has 2 unspecified atom stereocenters. The molecular formula is C19H42O2. The molecule has 2 N–H and O–H groups in total. The molecule has 0 heterocycles. The number of hydrogen-bond donors (Lipinski definition) is 2. The molecule has 0 rings (SSSR count). The van der Waals surface area contributed by atoms with Gasteiger partial charge in [-0.2, -0.15) is 0 Å². The van der Waals surface area contributed by atoms with E-state index in [1.54, 1.807) is 0 Å². The molecular weight excluding hydrogens is 260 g/mol. The molecule has 0 aliphatic rings. The molecule has 0 aliphatic carbocycles. The van der Waals surface area contributed by atoms with E-state index in [0.717, 1.165) is 38.5 Å². The minimum atomic E-state index is -0.0310. The van der Waals surface area contributed by atoms with E-state index in [1.165, 1.54) is 44.9 Å². The summed E-state index contributed by atoms with van der Waals surface area (Å²) in [7, 11) is 0. The summed E-state index contributed by atoms with van der Waals surface area (Å²) in [4.78, 5) is 0. The maximum absolute atomic E-state index is 9.35. The van der Waals surface area contributed by atoms with Gasteiger partial charge >= 0.3 is 0 Å². The number of rotatable bonds is 13. The Labute approximate surface area is 134 Å². The standard InChI is InChI=1S/C10H22O.C9H20O/c1-3-5-6-7-9-10(11)8-4-2;1-3-5-6-8-9(10)7-4-2/h10-11H,3-9H2,1-2H3;9-10H,3-8H2,1-2H3.